The molecule has 3 heteroatoms. The van der Waals surface area contributed by atoms with Gasteiger partial charge in [0.2, 0.25) is 0 Å². The fourth-order valence-corrected chi connectivity index (χ4v) is 2.26. The fourth-order valence-electron chi connectivity index (χ4n) is 2.10. The molecule has 2 rings (SSSR count). The minimum atomic E-state index is 0.264. The van der Waals surface area contributed by atoms with Crippen LogP contribution in [0.5, 0.6) is 5.75 Å². The second kappa shape index (κ2) is 3.79. The summed E-state index contributed by atoms with van der Waals surface area (Å²) in [5.41, 5.74) is 2.14. The summed E-state index contributed by atoms with van der Waals surface area (Å²) in [5.74, 6) is 0.675. The Hall–Kier alpha value is -0.730. The number of aromatic hydroxyl groups is 1. The molecule has 1 fully saturated rings. The molecule has 76 valence electrons. The Balaban J connectivity index is 2.44. The quantitative estimate of drug-likeness (QED) is 0.748. The average molecular weight is 212 g/mol. The van der Waals surface area contributed by atoms with Crippen LogP contribution in [0.1, 0.15) is 23.5 Å². The van der Waals surface area contributed by atoms with Crippen LogP contribution in [-0.2, 0) is 0 Å². The molecule has 0 aliphatic carbocycles. The van der Waals surface area contributed by atoms with Gasteiger partial charge in [-0.3, -0.25) is 0 Å². The Morgan fingerprint density at radius 3 is 2.93 bits per heavy atom. The van der Waals surface area contributed by atoms with Gasteiger partial charge in [-0.2, -0.15) is 0 Å². The number of hydrogen-bond acceptors (Lipinski definition) is 2. The SMILES string of the molecule is Cc1ccc(Cl)c(O)c1C1CCNC1. The number of phenolic OH excluding ortho intramolecular Hbond substituents is 1. The van der Waals surface area contributed by atoms with Crippen LogP contribution in [0.2, 0.25) is 5.02 Å². The molecule has 1 unspecified atom stereocenters. The van der Waals surface area contributed by atoms with E-state index in [1.165, 1.54) is 0 Å². The topological polar surface area (TPSA) is 32.3 Å². The highest BCUT2D eigenvalue weighted by atomic mass is 35.5. The van der Waals surface area contributed by atoms with Crippen LogP contribution in [0.4, 0.5) is 0 Å². The van der Waals surface area contributed by atoms with Gasteiger partial charge in [0.05, 0.1) is 5.02 Å². The first-order valence-corrected chi connectivity index (χ1v) is 5.26. The van der Waals surface area contributed by atoms with Crippen molar-refractivity contribution >= 4 is 11.6 Å². The van der Waals surface area contributed by atoms with E-state index < -0.39 is 0 Å². The predicted octanol–water partition coefficient (Wildman–Crippen LogP) is 2.43. The summed E-state index contributed by atoms with van der Waals surface area (Å²) in [6.07, 6.45) is 1.08. The van der Waals surface area contributed by atoms with Crippen molar-refractivity contribution in [3.8, 4) is 5.75 Å². The first-order chi connectivity index (χ1) is 6.70. The lowest BCUT2D eigenvalue weighted by molar-refractivity contribution is 0.462. The second-order valence-electron chi connectivity index (χ2n) is 3.82. The number of nitrogens with one attached hydrogen (secondary N) is 1. The minimum absolute atomic E-state index is 0.264. The van der Waals surface area contributed by atoms with Crippen LogP contribution in [0.25, 0.3) is 0 Å². The van der Waals surface area contributed by atoms with Gasteiger partial charge >= 0.3 is 0 Å². The Kier molecular flexibility index (Phi) is 2.66. The van der Waals surface area contributed by atoms with Crippen molar-refractivity contribution in [2.24, 2.45) is 0 Å². The first-order valence-electron chi connectivity index (χ1n) is 4.89. The largest absolute Gasteiger partial charge is 0.506 e. The van der Waals surface area contributed by atoms with E-state index >= 15 is 0 Å². The van der Waals surface area contributed by atoms with Gasteiger partial charge in [-0.05, 0) is 31.5 Å². The summed E-state index contributed by atoms with van der Waals surface area (Å²) < 4.78 is 0. The van der Waals surface area contributed by atoms with E-state index in [0.29, 0.717) is 10.9 Å². The standard InChI is InChI=1S/C11H14ClNO/c1-7-2-3-9(12)11(14)10(7)8-4-5-13-6-8/h2-3,8,13-14H,4-6H2,1H3. The molecule has 0 spiro atoms. The number of hydrogen-bond donors (Lipinski definition) is 2. The number of aryl methyl sites for hydroxylation is 1. The van der Waals surface area contributed by atoms with Gasteiger partial charge in [0.15, 0.2) is 0 Å². The molecule has 14 heavy (non-hydrogen) atoms. The van der Waals surface area contributed by atoms with Gasteiger partial charge in [0, 0.05) is 18.0 Å². The molecule has 1 aliphatic rings. The lowest BCUT2D eigenvalue weighted by Gasteiger charge is -2.15. The Bertz CT molecular complexity index is 345. The molecule has 1 saturated heterocycles. The monoisotopic (exact) mass is 211 g/mol. The van der Waals surface area contributed by atoms with Crippen LogP contribution in [0, 0.1) is 6.92 Å². The van der Waals surface area contributed by atoms with Gasteiger partial charge < -0.3 is 10.4 Å². The molecule has 1 aromatic carbocycles. The molecule has 2 nitrogen and oxygen atoms in total. The lowest BCUT2D eigenvalue weighted by Crippen LogP contribution is -2.09. The van der Waals surface area contributed by atoms with E-state index in [1.807, 2.05) is 13.0 Å². The maximum absolute atomic E-state index is 9.88. The highest BCUT2D eigenvalue weighted by molar-refractivity contribution is 6.32. The fraction of sp³-hybridized carbons (Fsp3) is 0.455. The summed E-state index contributed by atoms with van der Waals surface area (Å²) >= 11 is 5.89. The molecular weight excluding hydrogens is 198 g/mol. The zero-order chi connectivity index (χ0) is 10.1. The maximum atomic E-state index is 9.88. The smallest absolute Gasteiger partial charge is 0.137 e. The normalized spacial score (nSPS) is 21.4. The molecule has 0 saturated carbocycles. The molecule has 0 aromatic heterocycles. The zero-order valence-corrected chi connectivity index (χ0v) is 8.93. The van der Waals surface area contributed by atoms with Crippen molar-refractivity contribution in [3.63, 3.8) is 0 Å². The van der Waals surface area contributed by atoms with Crippen molar-refractivity contribution in [1.82, 2.24) is 5.32 Å². The van der Waals surface area contributed by atoms with Gasteiger partial charge in [0.25, 0.3) is 0 Å². The van der Waals surface area contributed by atoms with Crippen molar-refractivity contribution in [2.45, 2.75) is 19.3 Å². The van der Waals surface area contributed by atoms with Crippen molar-refractivity contribution < 1.29 is 5.11 Å². The van der Waals surface area contributed by atoms with Crippen LogP contribution < -0.4 is 5.32 Å². The average Bonchev–Trinajstić information content (AvgIpc) is 2.65. The minimum Gasteiger partial charge on any atom is -0.506 e. The number of benzene rings is 1. The molecular formula is C11H14ClNO. The van der Waals surface area contributed by atoms with Gasteiger partial charge in [-0.25, -0.2) is 0 Å². The third kappa shape index (κ3) is 1.60. The summed E-state index contributed by atoms with van der Waals surface area (Å²) in [4.78, 5) is 0. The second-order valence-corrected chi connectivity index (χ2v) is 4.22. The van der Waals surface area contributed by atoms with Crippen molar-refractivity contribution in [2.75, 3.05) is 13.1 Å². The molecule has 0 radical (unpaired) electrons. The molecule has 2 N–H and O–H groups in total. The lowest BCUT2D eigenvalue weighted by atomic mass is 9.93. The molecule has 1 aromatic rings. The van der Waals surface area contributed by atoms with Gasteiger partial charge in [-0.15, -0.1) is 0 Å². The summed E-state index contributed by atoms with van der Waals surface area (Å²) in [6, 6.07) is 3.72. The predicted molar refractivity (Wildman–Crippen MR) is 58.1 cm³/mol. The molecule has 1 atom stereocenters. The Morgan fingerprint density at radius 1 is 1.50 bits per heavy atom. The van der Waals surface area contributed by atoms with Gasteiger partial charge in [0.1, 0.15) is 5.75 Å². The molecule has 0 amide bonds. The van der Waals surface area contributed by atoms with E-state index in [4.69, 9.17) is 11.6 Å². The third-order valence-electron chi connectivity index (χ3n) is 2.85. The van der Waals surface area contributed by atoms with Gasteiger partial charge in [-0.1, -0.05) is 17.7 Å². The van der Waals surface area contributed by atoms with E-state index in [9.17, 15) is 5.11 Å². The van der Waals surface area contributed by atoms with Crippen molar-refractivity contribution in [3.05, 3.63) is 28.3 Å². The molecule has 1 aliphatic heterocycles. The third-order valence-corrected chi connectivity index (χ3v) is 3.16. The van der Waals surface area contributed by atoms with E-state index in [1.54, 1.807) is 6.07 Å². The first kappa shape index (κ1) is 9.81. The highest BCUT2D eigenvalue weighted by Gasteiger charge is 2.22. The number of halogens is 1. The van der Waals surface area contributed by atoms with Crippen LogP contribution in [0.3, 0.4) is 0 Å². The zero-order valence-electron chi connectivity index (χ0n) is 8.18. The van der Waals surface area contributed by atoms with Crippen LogP contribution in [-0.4, -0.2) is 18.2 Å². The Labute approximate surface area is 88.9 Å². The highest BCUT2D eigenvalue weighted by Crippen LogP contribution is 2.37. The summed E-state index contributed by atoms with van der Waals surface area (Å²) in [6.45, 7) is 3.98. The molecule has 1 heterocycles. The van der Waals surface area contributed by atoms with Crippen LogP contribution >= 0.6 is 11.6 Å². The Morgan fingerprint density at radius 2 is 2.29 bits per heavy atom. The van der Waals surface area contributed by atoms with E-state index in [-0.39, 0.29) is 5.75 Å². The molecule has 0 bridgehead atoms. The maximum Gasteiger partial charge on any atom is 0.137 e. The number of rotatable bonds is 1. The summed E-state index contributed by atoms with van der Waals surface area (Å²) in [5, 5.41) is 13.6. The van der Waals surface area contributed by atoms with Crippen molar-refractivity contribution in [1.29, 1.82) is 0 Å². The van der Waals surface area contributed by atoms with E-state index in [0.717, 1.165) is 30.6 Å². The number of phenols is 1. The summed E-state index contributed by atoms with van der Waals surface area (Å²) in [7, 11) is 0. The van der Waals surface area contributed by atoms with Crippen LogP contribution in [0.15, 0.2) is 12.1 Å². The van der Waals surface area contributed by atoms with E-state index in [2.05, 4.69) is 5.32 Å².